The van der Waals surface area contributed by atoms with Gasteiger partial charge in [0, 0.05) is 15.7 Å². The van der Waals surface area contributed by atoms with Crippen LogP contribution in [0.25, 0.3) is 17.1 Å². The molecule has 0 atom stereocenters. The Labute approximate surface area is 190 Å². The third-order valence-electron chi connectivity index (χ3n) is 4.97. The molecule has 0 unspecified atom stereocenters. The average molecular weight is 475 g/mol. The Hall–Kier alpha value is -3.25. The normalized spacial score (nSPS) is 11.0. The predicted octanol–water partition coefficient (Wildman–Crippen LogP) is 6.38. The molecule has 0 aliphatic rings. The first-order valence-electron chi connectivity index (χ1n) is 10.1. The molecular formula is C25H23BrN4O. The van der Waals surface area contributed by atoms with Crippen molar-refractivity contribution in [1.29, 1.82) is 0 Å². The van der Waals surface area contributed by atoms with Crippen LogP contribution in [0, 0.1) is 6.92 Å². The lowest BCUT2D eigenvalue weighted by molar-refractivity contribution is 0.101. The smallest absolute Gasteiger partial charge is 0.295 e. The van der Waals surface area contributed by atoms with Crippen molar-refractivity contribution < 1.29 is 4.79 Å². The molecule has 0 spiro atoms. The summed E-state index contributed by atoms with van der Waals surface area (Å²) in [7, 11) is 0. The van der Waals surface area contributed by atoms with E-state index in [0.717, 1.165) is 32.5 Å². The van der Waals surface area contributed by atoms with Crippen molar-refractivity contribution in [3.63, 3.8) is 0 Å². The molecule has 0 aliphatic heterocycles. The summed E-state index contributed by atoms with van der Waals surface area (Å²) in [6.07, 6.45) is 0. The Morgan fingerprint density at radius 1 is 1.00 bits per heavy atom. The Bertz CT molecular complexity index is 1230. The van der Waals surface area contributed by atoms with Gasteiger partial charge in [0.15, 0.2) is 5.82 Å². The molecule has 1 amide bonds. The molecule has 31 heavy (non-hydrogen) atoms. The van der Waals surface area contributed by atoms with Crippen LogP contribution >= 0.6 is 15.9 Å². The van der Waals surface area contributed by atoms with Gasteiger partial charge in [-0.1, -0.05) is 72.2 Å². The largest absolute Gasteiger partial charge is 0.319 e. The number of nitrogens with zero attached hydrogens (tertiary/aromatic N) is 3. The minimum absolute atomic E-state index is 0.123. The molecular weight excluding hydrogens is 452 g/mol. The highest BCUT2D eigenvalue weighted by molar-refractivity contribution is 9.10. The summed E-state index contributed by atoms with van der Waals surface area (Å²) in [5, 5.41) is 7.56. The monoisotopic (exact) mass is 474 g/mol. The van der Waals surface area contributed by atoms with Gasteiger partial charge in [-0.05, 0) is 54.3 Å². The minimum atomic E-state index is -0.340. The molecule has 0 aliphatic carbocycles. The zero-order chi connectivity index (χ0) is 22.0. The van der Waals surface area contributed by atoms with Gasteiger partial charge in [-0.3, -0.25) is 4.79 Å². The lowest BCUT2D eigenvalue weighted by Crippen LogP contribution is -2.16. The van der Waals surface area contributed by atoms with Crippen molar-refractivity contribution in [2.75, 3.05) is 5.32 Å². The van der Waals surface area contributed by atoms with E-state index in [4.69, 9.17) is 0 Å². The van der Waals surface area contributed by atoms with Gasteiger partial charge in [0.25, 0.3) is 5.91 Å². The summed E-state index contributed by atoms with van der Waals surface area (Å²) in [5.41, 5.74) is 4.66. The maximum Gasteiger partial charge on any atom is 0.295 e. The Morgan fingerprint density at radius 3 is 2.48 bits per heavy atom. The van der Waals surface area contributed by atoms with Crippen LogP contribution in [-0.2, 0) is 0 Å². The molecule has 1 heterocycles. The Balaban J connectivity index is 1.75. The third kappa shape index (κ3) is 4.59. The van der Waals surface area contributed by atoms with E-state index in [0.29, 0.717) is 5.82 Å². The van der Waals surface area contributed by atoms with E-state index in [9.17, 15) is 4.79 Å². The molecule has 1 aromatic heterocycles. The summed E-state index contributed by atoms with van der Waals surface area (Å²) in [5.74, 6) is 0.660. The van der Waals surface area contributed by atoms with Crippen LogP contribution in [0.1, 0.15) is 41.5 Å². The van der Waals surface area contributed by atoms with Gasteiger partial charge in [-0.15, -0.1) is 5.10 Å². The second kappa shape index (κ2) is 8.86. The molecule has 4 rings (SSSR count). The lowest BCUT2D eigenvalue weighted by Gasteiger charge is -2.13. The second-order valence-corrected chi connectivity index (χ2v) is 8.63. The second-order valence-electron chi connectivity index (χ2n) is 7.72. The van der Waals surface area contributed by atoms with Crippen molar-refractivity contribution in [2.24, 2.45) is 0 Å². The number of carbonyl (C=O) groups is 1. The van der Waals surface area contributed by atoms with Crippen LogP contribution in [0.2, 0.25) is 0 Å². The molecule has 3 aromatic carbocycles. The molecule has 5 nitrogen and oxygen atoms in total. The maximum absolute atomic E-state index is 13.1. The highest BCUT2D eigenvalue weighted by Gasteiger charge is 2.20. The topological polar surface area (TPSA) is 59.8 Å². The number of rotatable bonds is 5. The fourth-order valence-corrected chi connectivity index (χ4v) is 3.80. The van der Waals surface area contributed by atoms with Crippen molar-refractivity contribution in [1.82, 2.24) is 14.8 Å². The number of hydrogen-bond donors (Lipinski definition) is 1. The zero-order valence-electron chi connectivity index (χ0n) is 17.6. The highest BCUT2D eigenvalue weighted by atomic mass is 79.9. The quantitative estimate of drug-likeness (QED) is 0.364. The third-order valence-corrected chi connectivity index (χ3v) is 5.47. The number of anilines is 1. The van der Waals surface area contributed by atoms with E-state index < -0.39 is 0 Å². The molecule has 156 valence electrons. The molecule has 0 saturated carbocycles. The first kappa shape index (κ1) is 21.0. The van der Waals surface area contributed by atoms with Crippen molar-refractivity contribution >= 4 is 27.5 Å². The number of halogens is 1. The molecule has 0 radical (unpaired) electrons. The summed E-state index contributed by atoms with van der Waals surface area (Å²) in [6, 6.07) is 23.6. The van der Waals surface area contributed by atoms with Crippen LogP contribution in [-0.4, -0.2) is 20.7 Å². The average Bonchev–Trinajstić information content (AvgIpc) is 3.21. The van der Waals surface area contributed by atoms with Crippen LogP contribution in [0.15, 0.2) is 77.3 Å². The summed E-state index contributed by atoms with van der Waals surface area (Å²) < 4.78 is 2.70. The number of benzene rings is 3. The minimum Gasteiger partial charge on any atom is -0.319 e. The van der Waals surface area contributed by atoms with Crippen LogP contribution in [0.3, 0.4) is 0 Å². The maximum atomic E-state index is 13.1. The van der Waals surface area contributed by atoms with Gasteiger partial charge in [-0.25, -0.2) is 9.67 Å². The van der Waals surface area contributed by atoms with E-state index in [1.54, 1.807) is 4.68 Å². The molecule has 0 fully saturated rings. The van der Waals surface area contributed by atoms with E-state index >= 15 is 0 Å². The van der Waals surface area contributed by atoms with Gasteiger partial charge in [0.05, 0.1) is 5.69 Å². The molecule has 0 saturated heterocycles. The number of aryl methyl sites for hydroxylation is 1. The molecule has 0 bridgehead atoms. The Kier molecular flexibility index (Phi) is 6.00. The van der Waals surface area contributed by atoms with E-state index in [-0.39, 0.29) is 17.6 Å². The standard InChI is InChI=1S/C25H23BrN4O/c1-16(2)21-15-19(26)12-13-22(21)27-25(31)23-28-24(18-9-5-4-6-10-18)30(29-23)20-11-7-8-17(3)14-20/h4-16H,1-3H3,(H,27,31). The summed E-state index contributed by atoms with van der Waals surface area (Å²) in [6.45, 7) is 6.21. The van der Waals surface area contributed by atoms with Crippen LogP contribution in [0.4, 0.5) is 5.69 Å². The van der Waals surface area contributed by atoms with Gasteiger partial charge in [-0.2, -0.15) is 0 Å². The van der Waals surface area contributed by atoms with Crippen LogP contribution < -0.4 is 5.32 Å². The Morgan fingerprint density at radius 2 is 1.77 bits per heavy atom. The van der Waals surface area contributed by atoms with Crippen molar-refractivity contribution in [3.05, 3.63) is 94.2 Å². The lowest BCUT2D eigenvalue weighted by atomic mass is 10.0. The molecule has 1 N–H and O–H groups in total. The van der Waals surface area contributed by atoms with E-state index in [1.165, 1.54) is 0 Å². The van der Waals surface area contributed by atoms with Gasteiger partial charge in [0.1, 0.15) is 0 Å². The summed E-state index contributed by atoms with van der Waals surface area (Å²) >= 11 is 3.51. The molecule has 4 aromatic rings. The first-order chi connectivity index (χ1) is 14.9. The fourth-order valence-electron chi connectivity index (χ4n) is 3.43. The fraction of sp³-hybridized carbons (Fsp3) is 0.160. The predicted molar refractivity (Wildman–Crippen MR) is 128 cm³/mol. The van der Waals surface area contributed by atoms with E-state index in [2.05, 4.69) is 45.2 Å². The number of hydrogen-bond acceptors (Lipinski definition) is 3. The highest BCUT2D eigenvalue weighted by Crippen LogP contribution is 2.28. The zero-order valence-corrected chi connectivity index (χ0v) is 19.2. The number of amides is 1. The van der Waals surface area contributed by atoms with Crippen molar-refractivity contribution in [2.45, 2.75) is 26.7 Å². The van der Waals surface area contributed by atoms with Gasteiger partial charge < -0.3 is 5.32 Å². The number of carbonyl (C=O) groups excluding carboxylic acids is 1. The van der Waals surface area contributed by atoms with Crippen LogP contribution in [0.5, 0.6) is 0 Å². The number of nitrogens with one attached hydrogen (secondary N) is 1. The molecule has 6 heteroatoms. The van der Waals surface area contributed by atoms with Gasteiger partial charge in [0.2, 0.25) is 5.82 Å². The first-order valence-corrected chi connectivity index (χ1v) is 10.9. The van der Waals surface area contributed by atoms with E-state index in [1.807, 2.05) is 79.7 Å². The van der Waals surface area contributed by atoms with Crippen molar-refractivity contribution in [3.8, 4) is 17.1 Å². The van der Waals surface area contributed by atoms with Gasteiger partial charge >= 0.3 is 0 Å². The summed E-state index contributed by atoms with van der Waals surface area (Å²) in [4.78, 5) is 17.7. The SMILES string of the molecule is Cc1cccc(-n2nc(C(=O)Nc3ccc(Br)cc3C(C)C)nc2-c2ccccc2)c1. The number of aromatic nitrogens is 3.